The molecule has 0 saturated heterocycles. The molecule has 33 heavy (non-hydrogen) atoms. The smallest absolute Gasteiger partial charge is 0.278 e. The summed E-state index contributed by atoms with van der Waals surface area (Å²) in [6.45, 7) is 3.50. The van der Waals surface area contributed by atoms with Crippen molar-refractivity contribution in [2.45, 2.75) is 45.7 Å². The molecule has 0 bridgehead atoms. The summed E-state index contributed by atoms with van der Waals surface area (Å²) >= 11 is 6.00. The van der Waals surface area contributed by atoms with Crippen molar-refractivity contribution in [3.63, 3.8) is 0 Å². The molecule has 1 unspecified atom stereocenters. The number of amides is 1. The van der Waals surface area contributed by atoms with Gasteiger partial charge in [-0.05, 0) is 68.5 Å². The fourth-order valence-electron chi connectivity index (χ4n) is 4.64. The van der Waals surface area contributed by atoms with Gasteiger partial charge >= 0.3 is 0 Å². The number of nitrogens with one attached hydrogen (secondary N) is 1. The molecule has 0 saturated carbocycles. The van der Waals surface area contributed by atoms with Crippen LogP contribution in [0.2, 0.25) is 5.02 Å². The molecular formula is C25H24ClN5O2. The average molecular weight is 462 g/mol. The maximum absolute atomic E-state index is 13.3. The van der Waals surface area contributed by atoms with Crippen LogP contribution in [-0.2, 0) is 17.8 Å². The Morgan fingerprint density at radius 3 is 2.67 bits per heavy atom. The molecule has 1 N–H and O–H groups in total. The summed E-state index contributed by atoms with van der Waals surface area (Å²) in [6, 6.07) is 15.4. The van der Waals surface area contributed by atoms with Crippen molar-refractivity contribution in [2.24, 2.45) is 0 Å². The molecule has 2 heterocycles. The number of halogens is 1. The lowest BCUT2D eigenvalue weighted by atomic mass is 9.88. The van der Waals surface area contributed by atoms with Gasteiger partial charge in [-0.2, -0.15) is 10.2 Å². The van der Waals surface area contributed by atoms with Gasteiger partial charge in [0.05, 0.1) is 28.5 Å². The Hall–Kier alpha value is -3.45. The minimum atomic E-state index is -0.326. The fraction of sp³-hybridized carbons (Fsp3) is 0.280. The minimum Gasteiger partial charge on any atom is -0.348 e. The van der Waals surface area contributed by atoms with Crippen molar-refractivity contribution in [1.29, 1.82) is 0 Å². The predicted octanol–water partition coefficient (Wildman–Crippen LogP) is 4.05. The lowest BCUT2D eigenvalue weighted by Gasteiger charge is -2.26. The third-order valence-electron chi connectivity index (χ3n) is 6.25. The third-order valence-corrected chi connectivity index (χ3v) is 6.50. The molecule has 1 aliphatic carbocycles. The first-order valence-corrected chi connectivity index (χ1v) is 11.4. The van der Waals surface area contributed by atoms with E-state index in [2.05, 4.69) is 27.6 Å². The highest BCUT2D eigenvalue weighted by Gasteiger charge is 2.23. The van der Waals surface area contributed by atoms with Crippen LogP contribution in [0, 0.1) is 13.8 Å². The molecule has 2 aromatic heterocycles. The number of aryl methyl sites for hydroxylation is 3. The van der Waals surface area contributed by atoms with Crippen molar-refractivity contribution in [3.8, 4) is 5.69 Å². The van der Waals surface area contributed by atoms with Gasteiger partial charge in [-0.25, -0.2) is 9.36 Å². The van der Waals surface area contributed by atoms with Crippen molar-refractivity contribution >= 4 is 28.4 Å². The van der Waals surface area contributed by atoms with Crippen molar-refractivity contribution in [2.75, 3.05) is 0 Å². The Morgan fingerprint density at radius 2 is 1.88 bits per heavy atom. The summed E-state index contributed by atoms with van der Waals surface area (Å²) < 4.78 is 2.95. The fourth-order valence-corrected chi connectivity index (χ4v) is 4.76. The quantitative estimate of drug-likeness (QED) is 0.497. The van der Waals surface area contributed by atoms with E-state index in [0.717, 1.165) is 30.5 Å². The molecule has 7 nitrogen and oxygen atoms in total. The van der Waals surface area contributed by atoms with E-state index in [1.54, 1.807) is 23.7 Å². The van der Waals surface area contributed by atoms with E-state index in [1.165, 1.54) is 10.2 Å². The molecule has 5 rings (SSSR count). The largest absolute Gasteiger partial charge is 0.348 e. The molecule has 8 heteroatoms. The molecule has 4 aromatic rings. The van der Waals surface area contributed by atoms with E-state index in [4.69, 9.17) is 11.6 Å². The van der Waals surface area contributed by atoms with Gasteiger partial charge in [0.2, 0.25) is 5.91 Å². The Labute approximate surface area is 196 Å². The second kappa shape index (κ2) is 8.48. The summed E-state index contributed by atoms with van der Waals surface area (Å²) in [5.74, 6) is -0.229. The Kier molecular flexibility index (Phi) is 5.50. The molecular weight excluding hydrogens is 438 g/mol. The van der Waals surface area contributed by atoms with Crippen LogP contribution in [0.15, 0.2) is 53.3 Å². The number of fused-ring (bicyclic) bond motifs is 2. The van der Waals surface area contributed by atoms with Gasteiger partial charge in [-0.3, -0.25) is 9.59 Å². The van der Waals surface area contributed by atoms with Crippen LogP contribution < -0.4 is 10.9 Å². The number of aromatic nitrogens is 4. The monoisotopic (exact) mass is 461 g/mol. The van der Waals surface area contributed by atoms with Gasteiger partial charge in [-0.15, -0.1) is 0 Å². The van der Waals surface area contributed by atoms with Gasteiger partial charge in [0, 0.05) is 5.02 Å². The van der Waals surface area contributed by atoms with Crippen LogP contribution in [0.1, 0.15) is 41.4 Å². The molecule has 0 aliphatic heterocycles. The van der Waals surface area contributed by atoms with E-state index >= 15 is 0 Å². The Bertz CT molecular complexity index is 1420. The lowest BCUT2D eigenvalue weighted by molar-refractivity contribution is -0.122. The van der Waals surface area contributed by atoms with E-state index < -0.39 is 0 Å². The zero-order valence-corrected chi connectivity index (χ0v) is 19.3. The van der Waals surface area contributed by atoms with Gasteiger partial charge in [-0.1, -0.05) is 35.9 Å². The van der Waals surface area contributed by atoms with Crippen LogP contribution in [-0.4, -0.2) is 25.5 Å². The number of rotatable bonds is 4. The maximum Gasteiger partial charge on any atom is 0.278 e. The summed E-state index contributed by atoms with van der Waals surface area (Å²) in [5.41, 5.74) is 4.72. The van der Waals surface area contributed by atoms with Gasteiger partial charge in [0.15, 0.2) is 0 Å². The highest BCUT2D eigenvalue weighted by molar-refractivity contribution is 6.30. The normalized spacial score (nSPS) is 15.4. The van der Waals surface area contributed by atoms with Crippen molar-refractivity contribution < 1.29 is 4.79 Å². The maximum atomic E-state index is 13.3. The predicted molar refractivity (Wildman–Crippen MR) is 128 cm³/mol. The van der Waals surface area contributed by atoms with E-state index in [-0.39, 0.29) is 24.1 Å². The van der Waals surface area contributed by atoms with Crippen molar-refractivity contribution in [3.05, 3.63) is 86.4 Å². The van der Waals surface area contributed by atoms with E-state index in [1.807, 2.05) is 31.2 Å². The summed E-state index contributed by atoms with van der Waals surface area (Å²) in [6.07, 6.45) is 2.93. The SMILES string of the molecule is Cc1nn(CC(=O)NC2CCCc3ccccc32)c(=O)c2c(C)n(-c3ccc(Cl)cc3)nc12. The minimum absolute atomic E-state index is 0.0441. The van der Waals surface area contributed by atoms with Gasteiger partial charge in [0.1, 0.15) is 12.1 Å². The summed E-state index contributed by atoms with van der Waals surface area (Å²) in [5, 5.41) is 13.2. The first-order chi connectivity index (χ1) is 15.9. The molecule has 1 atom stereocenters. The number of carbonyl (C=O) groups excluding carboxylic acids is 1. The van der Waals surface area contributed by atoms with Crippen LogP contribution in [0.3, 0.4) is 0 Å². The average Bonchev–Trinajstić information content (AvgIpc) is 3.16. The van der Waals surface area contributed by atoms with Gasteiger partial charge in [0.25, 0.3) is 5.56 Å². The number of nitrogens with zero attached hydrogens (tertiary/aromatic N) is 4. The number of benzene rings is 2. The third kappa shape index (κ3) is 3.93. The highest BCUT2D eigenvalue weighted by atomic mass is 35.5. The van der Waals surface area contributed by atoms with Gasteiger partial charge < -0.3 is 5.32 Å². The van der Waals surface area contributed by atoms with Crippen LogP contribution in [0.5, 0.6) is 0 Å². The van der Waals surface area contributed by atoms with Crippen molar-refractivity contribution in [1.82, 2.24) is 24.9 Å². The molecule has 0 radical (unpaired) electrons. The molecule has 2 aromatic carbocycles. The molecule has 0 fully saturated rings. The molecule has 168 valence electrons. The van der Waals surface area contributed by atoms with Crippen LogP contribution in [0.25, 0.3) is 16.6 Å². The molecule has 1 amide bonds. The zero-order chi connectivity index (χ0) is 23.1. The second-order valence-corrected chi connectivity index (χ2v) is 8.89. The van der Waals surface area contributed by atoms with E-state index in [9.17, 15) is 9.59 Å². The Morgan fingerprint density at radius 1 is 1.12 bits per heavy atom. The number of carbonyl (C=O) groups is 1. The Balaban J connectivity index is 1.45. The van der Waals surface area contributed by atoms with Crippen LogP contribution in [0.4, 0.5) is 0 Å². The molecule has 0 spiro atoms. The lowest BCUT2D eigenvalue weighted by Crippen LogP contribution is -2.37. The zero-order valence-electron chi connectivity index (χ0n) is 18.5. The highest BCUT2D eigenvalue weighted by Crippen LogP contribution is 2.29. The number of hydrogen-bond acceptors (Lipinski definition) is 4. The topological polar surface area (TPSA) is 81.8 Å². The number of hydrogen-bond donors (Lipinski definition) is 1. The second-order valence-electron chi connectivity index (χ2n) is 8.46. The summed E-state index contributed by atoms with van der Waals surface area (Å²) in [4.78, 5) is 26.2. The molecule has 1 aliphatic rings. The first-order valence-electron chi connectivity index (χ1n) is 11.0. The first kappa shape index (κ1) is 21.4. The van der Waals surface area contributed by atoms with Crippen LogP contribution >= 0.6 is 11.6 Å². The summed E-state index contributed by atoms with van der Waals surface area (Å²) in [7, 11) is 0. The van der Waals surface area contributed by atoms with E-state index in [0.29, 0.717) is 27.3 Å². The standard InChI is InChI=1S/C25H24ClN5O2/c1-15-24-23(16(2)31(29-24)19-12-10-18(26)11-13-19)25(33)30(28-15)14-22(32)27-21-9-5-7-17-6-3-4-8-20(17)21/h3-4,6,8,10-13,21H,5,7,9,14H2,1-2H3,(H,27,32).